The minimum atomic E-state index is -0.696. The molecule has 2 unspecified atom stereocenters. The largest absolute Gasteiger partial charge is 0.428 e. The van der Waals surface area contributed by atoms with Crippen LogP contribution in [0.2, 0.25) is 0 Å². The van der Waals surface area contributed by atoms with Gasteiger partial charge in [-0.2, -0.15) is 10.3 Å². The lowest BCUT2D eigenvalue weighted by atomic mass is 9.98. The van der Waals surface area contributed by atoms with E-state index >= 15 is 0 Å². The normalized spacial score (nSPS) is 18.8. The Labute approximate surface area is 202 Å². The molecule has 0 aromatic heterocycles. The molecule has 2 rings (SSSR count). The van der Waals surface area contributed by atoms with Crippen molar-refractivity contribution in [2.45, 2.75) is 45.4 Å². The molecule has 1 N–H and O–H groups in total. The van der Waals surface area contributed by atoms with Gasteiger partial charge in [-0.3, -0.25) is 19.2 Å². The highest BCUT2D eigenvalue weighted by atomic mass is 32.2. The molecule has 11 heteroatoms. The fraction of sp³-hybridized carbons (Fsp3) is 0.478. The van der Waals surface area contributed by atoms with Crippen molar-refractivity contribution in [3.8, 4) is 6.07 Å². The van der Waals surface area contributed by atoms with Crippen molar-refractivity contribution in [3.63, 3.8) is 0 Å². The monoisotopic (exact) mass is 488 g/mol. The lowest BCUT2D eigenvalue weighted by molar-refractivity contribution is -0.173. The van der Waals surface area contributed by atoms with E-state index in [0.29, 0.717) is 16.3 Å². The SMILES string of the molecule is CC1C(C(=O)NCCC(=O)OCOC(=O)C(C)(C)C)SC(=NC(=O)c2ccc(C#N)cc2)N1C. The van der Waals surface area contributed by atoms with Crippen molar-refractivity contribution in [2.75, 3.05) is 20.4 Å². The highest BCUT2D eigenvalue weighted by Crippen LogP contribution is 2.31. The first-order valence-electron chi connectivity index (χ1n) is 10.6. The van der Waals surface area contributed by atoms with Gasteiger partial charge < -0.3 is 19.7 Å². The molecule has 0 spiro atoms. The van der Waals surface area contributed by atoms with Crippen LogP contribution in [0.25, 0.3) is 0 Å². The Morgan fingerprint density at radius 3 is 2.41 bits per heavy atom. The first-order valence-corrected chi connectivity index (χ1v) is 11.4. The second-order valence-electron chi connectivity index (χ2n) is 8.64. The Kier molecular flexibility index (Phi) is 9.20. The molecule has 0 radical (unpaired) electrons. The van der Waals surface area contributed by atoms with E-state index in [4.69, 9.17) is 14.7 Å². The molecular formula is C23H28N4O6S. The van der Waals surface area contributed by atoms with Crippen LogP contribution in [-0.2, 0) is 23.9 Å². The molecule has 1 aromatic rings. The van der Waals surface area contributed by atoms with Gasteiger partial charge in [0.15, 0.2) is 5.17 Å². The lowest BCUT2D eigenvalue weighted by Gasteiger charge is -2.19. The molecule has 1 saturated heterocycles. The standard InChI is InChI=1S/C23H28N4O6S/c1-14-18(20(30)25-11-10-17(28)32-13-33-21(31)23(2,3)4)34-22(27(14)5)26-19(29)16-8-6-15(12-24)7-9-16/h6-9,14,18H,10-11,13H2,1-5H3,(H,25,30). The zero-order chi connectivity index (χ0) is 25.5. The maximum absolute atomic E-state index is 12.6. The average Bonchev–Trinajstić information content (AvgIpc) is 3.06. The average molecular weight is 489 g/mol. The third kappa shape index (κ3) is 7.31. The summed E-state index contributed by atoms with van der Waals surface area (Å²) in [5, 5.41) is 11.4. The van der Waals surface area contributed by atoms with Gasteiger partial charge in [0.25, 0.3) is 5.91 Å². The minimum Gasteiger partial charge on any atom is -0.428 e. The second kappa shape index (κ2) is 11.7. The van der Waals surface area contributed by atoms with Gasteiger partial charge >= 0.3 is 11.9 Å². The number of nitrogens with zero attached hydrogens (tertiary/aromatic N) is 3. The van der Waals surface area contributed by atoms with E-state index in [1.807, 2.05) is 13.0 Å². The Morgan fingerprint density at radius 1 is 1.18 bits per heavy atom. The van der Waals surface area contributed by atoms with Crippen molar-refractivity contribution in [1.29, 1.82) is 5.26 Å². The van der Waals surface area contributed by atoms with Gasteiger partial charge in [-0.15, -0.1) is 0 Å². The minimum absolute atomic E-state index is 0.0506. The number of thioether (sulfide) groups is 1. The zero-order valence-electron chi connectivity index (χ0n) is 19.8. The van der Waals surface area contributed by atoms with E-state index in [9.17, 15) is 19.2 Å². The zero-order valence-corrected chi connectivity index (χ0v) is 20.6. The third-order valence-electron chi connectivity index (χ3n) is 4.95. The number of aliphatic imine (C=N–C) groups is 1. The quantitative estimate of drug-likeness (QED) is 0.451. The topological polar surface area (TPSA) is 138 Å². The van der Waals surface area contributed by atoms with Crippen LogP contribution in [0.1, 0.15) is 50.0 Å². The van der Waals surface area contributed by atoms with Gasteiger partial charge in [0.05, 0.1) is 23.5 Å². The molecule has 1 aliphatic rings. The van der Waals surface area contributed by atoms with Crippen molar-refractivity contribution in [1.82, 2.24) is 10.2 Å². The van der Waals surface area contributed by atoms with E-state index in [-0.39, 0.29) is 24.9 Å². The molecule has 0 aliphatic carbocycles. The fourth-order valence-corrected chi connectivity index (χ4v) is 3.98. The van der Waals surface area contributed by atoms with Crippen LogP contribution in [0.3, 0.4) is 0 Å². The Bertz CT molecular complexity index is 1010. The number of hydrogen-bond donors (Lipinski definition) is 1. The van der Waals surface area contributed by atoms with Gasteiger partial charge in [0.2, 0.25) is 12.7 Å². The molecule has 34 heavy (non-hydrogen) atoms. The molecule has 1 aliphatic heterocycles. The molecule has 10 nitrogen and oxygen atoms in total. The van der Waals surface area contributed by atoms with Gasteiger partial charge in [0, 0.05) is 25.2 Å². The van der Waals surface area contributed by atoms with Crippen molar-refractivity contribution in [2.24, 2.45) is 10.4 Å². The maximum Gasteiger partial charge on any atom is 0.314 e. The summed E-state index contributed by atoms with van der Waals surface area (Å²) in [6.45, 7) is 6.47. The number of nitrogens with one attached hydrogen (secondary N) is 1. The number of amides is 2. The summed E-state index contributed by atoms with van der Waals surface area (Å²) < 4.78 is 9.72. The summed E-state index contributed by atoms with van der Waals surface area (Å²) in [6.07, 6.45) is -0.0848. The van der Waals surface area contributed by atoms with Crippen LogP contribution >= 0.6 is 11.8 Å². The van der Waals surface area contributed by atoms with Crippen LogP contribution in [0, 0.1) is 16.7 Å². The predicted molar refractivity (Wildman–Crippen MR) is 126 cm³/mol. The van der Waals surface area contributed by atoms with E-state index in [1.165, 1.54) is 24.3 Å². The summed E-state index contributed by atoms with van der Waals surface area (Å²) in [5.74, 6) is -1.86. The first kappa shape index (κ1) is 26.9. The Hall–Kier alpha value is -3.39. The van der Waals surface area contributed by atoms with Gasteiger partial charge in [-0.25, -0.2) is 0 Å². The lowest BCUT2D eigenvalue weighted by Crippen LogP contribution is -2.41. The highest BCUT2D eigenvalue weighted by Gasteiger charge is 2.39. The Morgan fingerprint density at radius 2 is 1.82 bits per heavy atom. The summed E-state index contributed by atoms with van der Waals surface area (Å²) in [7, 11) is 1.74. The number of hydrogen-bond acceptors (Lipinski definition) is 8. The maximum atomic E-state index is 12.6. The molecule has 0 bridgehead atoms. The molecule has 1 aromatic carbocycles. The smallest absolute Gasteiger partial charge is 0.314 e. The van der Waals surface area contributed by atoms with Crippen LogP contribution in [-0.4, -0.2) is 65.5 Å². The van der Waals surface area contributed by atoms with E-state index in [0.717, 1.165) is 11.8 Å². The van der Waals surface area contributed by atoms with Crippen molar-refractivity contribution in [3.05, 3.63) is 35.4 Å². The molecule has 1 heterocycles. The summed E-state index contributed by atoms with van der Waals surface area (Å²) in [6, 6.07) is 7.89. The van der Waals surface area contributed by atoms with E-state index in [1.54, 1.807) is 32.7 Å². The molecule has 2 atom stereocenters. The van der Waals surface area contributed by atoms with Gasteiger partial charge in [-0.05, 0) is 52.0 Å². The summed E-state index contributed by atoms with van der Waals surface area (Å²) in [5.41, 5.74) is 0.0855. The molecule has 0 saturated carbocycles. The molecular weight excluding hydrogens is 460 g/mol. The van der Waals surface area contributed by atoms with Crippen LogP contribution in [0.15, 0.2) is 29.3 Å². The van der Waals surface area contributed by atoms with Gasteiger partial charge in [-0.1, -0.05) is 11.8 Å². The van der Waals surface area contributed by atoms with Crippen LogP contribution in [0.4, 0.5) is 0 Å². The van der Waals surface area contributed by atoms with Crippen LogP contribution in [0.5, 0.6) is 0 Å². The molecule has 182 valence electrons. The summed E-state index contributed by atoms with van der Waals surface area (Å²) in [4.78, 5) is 54.4. The predicted octanol–water partition coefficient (Wildman–Crippen LogP) is 2.09. The number of amidine groups is 1. The number of carbonyl (C=O) groups is 4. The molecule has 2 amide bonds. The van der Waals surface area contributed by atoms with Gasteiger partial charge in [0.1, 0.15) is 5.25 Å². The van der Waals surface area contributed by atoms with Crippen molar-refractivity contribution >= 4 is 40.7 Å². The highest BCUT2D eigenvalue weighted by molar-refractivity contribution is 8.15. The fourth-order valence-electron chi connectivity index (χ4n) is 2.71. The third-order valence-corrected chi connectivity index (χ3v) is 6.40. The van der Waals surface area contributed by atoms with Crippen LogP contribution < -0.4 is 5.32 Å². The number of ether oxygens (including phenoxy) is 2. The number of nitriles is 1. The Balaban J connectivity index is 1.83. The second-order valence-corrected chi connectivity index (χ2v) is 9.74. The van der Waals surface area contributed by atoms with Crippen molar-refractivity contribution < 1.29 is 28.7 Å². The number of carbonyl (C=O) groups excluding carboxylic acids is 4. The first-order chi connectivity index (χ1) is 15.9. The number of esters is 2. The number of rotatable bonds is 7. The number of benzene rings is 1. The van der Waals surface area contributed by atoms with E-state index in [2.05, 4.69) is 10.3 Å². The molecule has 1 fully saturated rings. The summed E-state index contributed by atoms with van der Waals surface area (Å²) >= 11 is 1.16. The van der Waals surface area contributed by atoms with E-state index < -0.39 is 35.3 Å².